The van der Waals surface area contributed by atoms with Crippen molar-refractivity contribution in [2.75, 3.05) is 60.0 Å². The first-order valence-electron chi connectivity index (χ1n) is 5.35. The quantitative estimate of drug-likeness (QED) is 0.361. The van der Waals surface area contributed by atoms with Gasteiger partial charge in [-0.3, -0.25) is 0 Å². The third kappa shape index (κ3) is 16.3. The Morgan fingerprint density at radius 1 is 0.824 bits per heavy atom. The maximum absolute atomic E-state index is 10.2. The Labute approximate surface area is 108 Å². The van der Waals surface area contributed by atoms with Crippen LogP contribution < -0.4 is 0 Å². The van der Waals surface area contributed by atoms with Crippen molar-refractivity contribution in [1.82, 2.24) is 0 Å². The molecule has 0 heterocycles. The molecular weight excluding hydrogens is 268 g/mol. The molecule has 0 saturated heterocycles. The Morgan fingerprint density at radius 2 is 1.24 bits per heavy atom. The van der Waals surface area contributed by atoms with Crippen LogP contribution in [-0.4, -0.2) is 63.7 Å². The van der Waals surface area contributed by atoms with Crippen molar-refractivity contribution in [3.05, 3.63) is 0 Å². The average molecular weight is 288 g/mol. The van der Waals surface area contributed by atoms with Gasteiger partial charge in [-0.2, -0.15) is 0 Å². The van der Waals surface area contributed by atoms with E-state index in [9.17, 15) is 3.32 Å². The molecule has 0 aromatic carbocycles. The van der Waals surface area contributed by atoms with Gasteiger partial charge >= 0.3 is 96.0 Å². The molecule has 0 bridgehead atoms. The molecule has 0 atom stereocenters. The van der Waals surface area contributed by atoms with Gasteiger partial charge in [-0.15, -0.1) is 0 Å². The molecule has 0 aliphatic carbocycles. The second kappa shape index (κ2) is 14.3. The summed E-state index contributed by atoms with van der Waals surface area (Å²) in [7, 11) is 1.62. The molecule has 0 fully saturated rings. The molecule has 0 rings (SSSR count). The second-order valence-corrected chi connectivity index (χ2v) is 4.23. The minimum atomic E-state index is -3.37. The van der Waals surface area contributed by atoms with E-state index >= 15 is 0 Å². The molecule has 0 aromatic rings. The summed E-state index contributed by atoms with van der Waals surface area (Å²) in [5.41, 5.74) is 0. The van der Waals surface area contributed by atoms with Gasteiger partial charge in [-0.05, 0) is 0 Å². The zero-order valence-electron chi connectivity index (χ0n) is 10.1. The van der Waals surface area contributed by atoms with Gasteiger partial charge in [0.1, 0.15) is 0 Å². The first kappa shape index (κ1) is 17.3. The number of ether oxygens (including phenoxy) is 4. The molecule has 0 aliphatic rings. The van der Waals surface area contributed by atoms with Gasteiger partial charge in [-0.25, -0.2) is 0 Å². The van der Waals surface area contributed by atoms with Crippen LogP contribution in [0.15, 0.2) is 0 Å². The van der Waals surface area contributed by atoms with Crippen LogP contribution in [0.1, 0.15) is 0 Å². The minimum absolute atomic E-state index is 0.148. The average Bonchev–Trinajstić information content (AvgIpc) is 2.30. The van der Waals surface area contributed by atoms with Crippen molar-refractivity contribution in [2.45, 2.75) is 0 Å². The van der Waals surface area contributed by atoms with Crippen molar-refractivity contribution < 1.29 is 47.9 Å². The number of methoxy groups -OCH3 is 1. The first-order valence-corrected chi connectivity index (χ1v) is 7.32. The molecule has 8 heteroatoms. The van der Waals surface area contributed by atoms with Gasteiger partial charge in [0, 0.05) is 7.11 Å². The molecular formula is C9H20O7Ti. The fourth-order valence-corrected chi connectivity index (χ4v) is 1.27. The molecule has 102 valence electrons. The molecule has 0 aliphatic heterocycles. The van der Waals surface area contributed by atoms with E-state index in [-0.39, 0.29) is 6.61 Å². The third-order valence-corrected chi connectivity index (χ3v) is 2.33. The molecule has 0 radical (unpaired) electrons. The molecule has 0 aromatic heterocycles. The fourth-order valence-electron chi connectivity index (χ4n) is 0.872. The van der Waals surface area contributed by atoms with Crippen molar-refractivity contribution >= 4 is 0 Å². The van der Waals surface area contributed by atoms with Gasteiger partial charge in [0.15, 0.2) is 0 Å². The summed E-state index contributed by atoms with van der Waals surface area (Å²) in [4.78, 5) is 0. The van der Waals surface area contributed by atoms with E-state index in [1.165, 1.54) is 0 Å². The predicted octanol–water partition coefficient (Wildman–Crippen LogP) is -0.515. The van der Waals surface area contributed by atoms with E-state index < -0.39 is 18.6 Å². The van der Waals surface area contributed by atoms with Crippen molar-refractivity contribution in [3.63, 3.8) is 0 Å². The van der Waals surface area contributed by atoms with Crippen LogP contribution in [0.25, 0.3) is 0 Å². The number of hydrogen-bond acceptors (Lipinski definition) is 6. The topological polar surface area (TPSA) is 83.5 Å². The van der Waals surface area contributed by atoms with Crippen LogP contribution >= 0.6 is 0 Å². The van der Waals surface area contributed by atoms with Crippen LogP contribution in [0, 0.1) is 0 Å². The molecule has 0 spiro atoms. The molecule has 1 N–H and O–H groups in total. The third-order valence-electron chi connectivity index (χ3n) is 1.63. The van der Waals surface area contributed by atoms with Gasteiger partial charge in [0.2, 0.25) is 0 Å². The summed E-state index contributed by atoms with van der Waals surface area (Å²) >= 11 is -3.37. The Morgan fingerprint density at radius 3 is 1.65 bits per heavy atom. The predicted molar refractivity (Wildman–Crippen MR) is 53.2 cm³/mol. The molecule has 0 saturated carbocycles. The summed E-state index contributed by atoms with van der Waals surface area (Å²) in [6.07, 6.45) is 0. The van der Waals surface area contributed by atoms with E-state index in [1.54, 1.807) is 7.11 Å². The molecule has 0 unspecified atom stereocenters. The van der Waals surface area contributed by atoms with Crippen LogP contribution in [0.3, 0.4) is 0 Å². The summed E-state index contributed by atoms with van der Waals surface area (Å²) in [6.45, 7) is 3.53. The number of rotatable bonds is 13. The van der Waals surface area contributed by atoms with Crippen LogP contribution in [0.5, 0.6) is 0 Å². The Hall–Kier alpha value is 0.274. The van der Waals surface area contributed by atoms with E-state index in [4.69, 9.17) is 22.6 Å². The second-order valence-electron chi connectivity index (χ2n) is 2.94. The van der Waals surface area contributed by atoms with Crippen molar-refractivity contribution in [1.29, 1.82) is 0 Å². The maximum atomic E-state index is 10.2. The van der Waals surface area contributed by atoms with Crippen LogP contribution in [0.4, 0.5) is 0 Å². The van der Waals surface area contributed by atoms with E-state index in [2.05, 4.69) is 3.32 Å². The standard InChI is InChI=1S/C9H19O5.H2O.O.Ti/c1-11-4-5-13-8-9-14-7-6-12-3-2-10;;;/h2-9H2,1H3;1H2;;/q-1;;;+2/p-1. The zero-order valence-corrected chi connectivity index (χ0v) is 11.6. The van der Waals surface area contributed by atoms with Crippen LogP contribution in [0.2, 0.25) is 0 Å². The summed E-state index contributed by atoms with van der Waals surface area (Å²) < 4.78 is 43.4. The number of hydrogen-bond donors (Lipinski definition) is 1. The van der Waals surface area contributed by atoms with Gasteiger partial charge in [0.05, 0.1) is 0 Å². The summed E-state index contributed by atoms with van der Waals surface area (Å²) in [5, 5.41) is 0. The monoisotopic (exact) mass is 288 g/mol. The normalized spacial score (nSPS) is 10.7. The summed E-state index contributed by atoms with van der Waals surface area (Å²) in [6, 6.07) is 0. The van der Waals surface area contributed by atoms with E-state index in [0.29, 0.717) is 46.2 Å². The first-order chi connectivity index (χ1) is 8.27. The van der Waals surface area contributed by atoms with Crippen LogP contribution in [-0.2, 0) is 44.2 Å². The molecule has 7 nitrogen and oxygen atoms in total. The molecule has 17 heavy (non-hydrogen) atoms. The molecule has 0 amide bonds. The van der Waals surface area contributed by atoms with Gasteiger partial charge < -0.3 is 4.74 Å². The van der Waals surface area contributed by atoms with Gasteiger partial charge in [-0.1, -0.05) is 0 Å². The fraction of sp³-hybridized carbons (Fsp3) is 1.00. The van der Waals surface area contributed by atoms with E-state index in [1.807, 2.05) is 0 Å². The SMILES string of the molecule is COCCOCCOCCOCC[O][Ti](=[O])[OH]. The van der Waals surface area contributed by atoms with Crippen molar-refractivity contribution in [3.8, 4) is 0 Å². The Bertz CT molecular complexity index is 179. The van der Waals surface area contributed by atoms with E-state index in [0.717, 1.165) is 0 Å². The Kier molecular flexibility index (Phi) is 14.6. The zero-order chi connectivity index (χ0) is 12.8. The summed E-state index contributed by atoms with van der Waals surface area (Å²) in [5.74, 6) is 0. The van der Waals surface area contributed by atoms with Crippen molar-refractivity contribution in [2.24, 2.45) is 0 Å². The Balaban J connectivity index is 2.91. The van der Waals surface area contributed by atoms with Gasteiger partial charge in [0.25, 0.3) is 0 Å².